The minimum Gasteiger partial charge on any atom is -0.444 e. The van der Waals surface area contributed by atoms with Gasteiger partial charge in [-0.15, -0.1) is 0 Å². The molecule has 0 radical (unpaired) electrons. The summed E-state index contributed by atoms with van der Waals surface area (Å²) < 4.78 is 18.9. The van der Waals surface area contributed by atoms with E-state index < -0.39 is 23.9 Å². The van der Waals surface area contributed by atoms with Gasteiger partial charge in [-0.1, -0.05) is 0 Å². The minimum atomic E-state index is -1.13. The monoisotopic (exact) mass is 262 g/mol. The Morgan fingerprint density at radius 1 is 1.56 bits per heavy atom. The number of carbonyl (C=O) groups is 1. The highest BCUT2D eigenvalue weighted by Gasteiger charge is 2.31. The van der Waals surface area contributed by atoms with Crippen LogP contribution >= 0.6 is 0 Å². The molecule has 0 saturated carbocycles. The fourth-order valence-corrected chi connectivity index (χ4v) is 1.93. The maximum atomic E-state index is 13.8. The second kappa shape index (κ2) is 6.33. The topological polar surface area (TPSA) is 61.8 Å². The summed E-state index contributed by atoms with van der Waals surface area (Å²) in [6, 6.07) is -0.505. The normalized spacial score (nSPS) is 25.8. The van der Waals surface area contributed by atoms with E-state index in [2.05, 4.69) is 5.32 Å². The first-order chi connectivity index (χ1) is 8.31. The third-order valence-electron chi connectivity index (χ3n) is 2.74. The lowest BCUT2D eigenvalue weighted by atomic mass is 10.0. The molecule has 106 valence electrons. The molecule has 0 spiro atoms. The molecule has 5 nitrogen and oxygen atoms in total. The Hall–Kier alpha value is -0.880. The summed E-state index contributed by atoms with van der Waals surface area (Å²) >= 11 is 0. The van der Waals surface area contributed by atoms with Gasteiger partial charge in [0.05, 0.1) is 12.6 Å². The van der Waals surface area contributed by atoms with Crippen LogP contribution in [0.3, 0.4) is 0 Å². The number of amides is 1. The van der Waals surface area contributed by atoms with Crippen molar-refractivity contribution in [1.82, 2.24) is 10.2 Å². The number of carbonyl (C=O) groups excluding carboxylic acids is 1. The van der Waals surface area contributed by atoms with Gasteiger partial charge in [0.1, 0.15) is 11.8 Å². The van der Waals surface area contributed by atoms with Gasteiger partial charge in [0.15, 0.2) is 0 Å². The zero-order valence-electron chi connectivity index (χ0n) is 11.3. The summed E-state index contributed by atoms with van der Waals surface area (Å²) in [7, 11) is 0. The predicted octanol–water partition coefficient (Wildman–Crippen LogP) is 0.916. The number of hydrogen-bond donors (Lipinski definition) is 2. The molecule has 1 heterocycles. The van der Waals surface area contributed by atoms with Crippen LogP contribution in [0.25, 0.3) is 0 Å². The van der Waals surface area contributed by atoms with Gasteiger partial charge < -0.3 is 15.2 Å². The van der Waals surface area contributed by atoms with Crippen molar-refractivity contribution in [2.45, 2.75) is 45.0 Å². The van der Waals surface area contributed by atoms with Crippen LogP contribution in [0.1, 0.15) is 27.2 Å². The SMILES string of the molecule is CC(C)(C)OC(=O)N[C@@H]1CCN(CCO)C[C@H]1F. The standard InChI is InChI=1S/C12H23FN2O3/c1-12(2,3)18-11(17)14-10-4-5-15(6-7-16)8-9(10)13/h9-10,16H,4-8H2,1-3H3,(H,14,17)/t9-,10-/m1/s1. The van der Waals surface area contributed by atoms with E-state index in [1.807, 2.05) is 4.90 Å². The average molecular weight is 262 g/mol. The van der Waals surface area contributed by atoms with Crippen LogP contribution in [-0.2, 0) is 4.74 Å². The summed E-state index contributed by atoms with van der Waals surface area (Å²) in [5.74, 6) is 0. The first kappa shape index (κ1) is 15.2. The molecule has 18 heavy (non-hydrogen) atoms. The summed E-state index contributed by atoms with van der Waals surface area (Å²) in [5, 5.41) is 11.4. The maximum Gasteiger partial charge on any atom is 0.407 e. The molecule has 1 amide bonds. The highest BCUT2D eigenvalue weighted by Crippen LogP contribution is 2.15. The number of ether oxygens (including phenoxy) is 1. The number of alkyl halides is 1. The van der Waals surface area contributed by atoms with E-state index in [9.17, 15) is 9.18 Å². The van der Waals surface area contributed by atoms with Gasteiger partial charge in [0.2, 0.25) is 0 Å². The summed E-state index contributed by atoms with van der Waals surface area (Å²) in [4.78, 5) is 13.4. The van der Waals surface area contributed by atoms with Gasteiger partial charge in [-0.25, -0.2) is 9.18 Å². The van der Waals surface area contributed by atoms with Gasteiger partial charge in [-0.3, -0.25) is 4.90 Å². The molecular formula is C12H23FN2O3. The van der Waals surface area contributed by atoms with Gasteiger partial charge in [-0.05, 0) is 27.2 Å². The van der Waals surface area contributed by atoms with Crippen molar-refractivity contribution >= 4 is 6.09 Å². The summed E-state index contributed by atoms with van der Waals surface area (Å²) in [5.41, 5.74) is -0.576. The lowest BCUT2D eigenvalue weighted by Crippen LogP contribution is -2.53. The Labute approximate surface area is 107 Å². The Bertz CT molecular complexity index is 281. The van der Waals surface area contributed by atoms with E-state index in [-0.39, 0.29) is 13.2 Å². The van der Waals surface area contributed by atoms with E-state index in [0.29, 0.717) is 19.5 Å². The van der Waals surface area contributed by atoms with Crippen molar-refractivity contribution in [1.29, 1.82) is 0 Å². The van der Waals surface area contributed by atoms with Crippen molar-refractivity contribution in [2.75, 3.05) is 26.2 Å². The summed E-state index contributed by atoms with van der Waals surface area (Å²) in [6.07, 6.45) is -1.18. The maximum absolute atomic E-state index is 13.8. The Morgan fingerprint density at radius 3 is 2.72 bits per heavy atom. The number of halogens is 1. The van der Waals surface area contributed by atoms with Crippen LogP contribution in [0.4, 0.5) is 9.18 Å². The van der Waals surface area contributed by atoms with Crippen molar-refractivity contribution in [3.05, 3.63) is 0 Å². The summed E-state index contributed by atoms with van der Waals surface area (Å²) in [6.45, 7) is 6.70. The van der Waals surface area contributed by atoms with Gasteiger partial charge >= 0.3 is 6.09 Å². The number of β-amino-alcohol motifs (C(OH)–C–C–N with tert-alkyl or cyclic N) is 1. The van der Waals surface area contributed by atoms with E-state index in [4.69, 9.17) is 9.84 Å². The number of aliphatic hydroxyl groups excluding tert-OH is 1. The first-order valence-corrected chi connectivity index (χ1v) is 6.28. The molecule has 1 saturated heterocycles. The van der Waals surface area contributed by atoms with Crippen molar-refractivity contribution < 1.29 is 19.0 Å². The molecule has 0 unspecified atom stereocenters. The van der Waals surface area contributed by atoms with Crippen LogP contribution in [0.15, 0.2) is 0 Å². The quantitative estimate of drug-likeness (QED) is 0.794. The van der Waals surface area contributed by atoms with Crippen LogP contribution < -0.4 is 5.32 Å². The molecule has 0 aromatic carbocycles. The molecule has 2 atom stereocenters. The van der Waals surface area contributed by atoms with E-state index >= 15 is 0 Å². The molecular weight excluding hydrogens is 239 g/mol. The smallest absolute Gasteiger partial charge is 0.407 e. The average Bonchev–Trinajstić information content (AvgIpc) is 2.20. The second-order valence-corrected chi connectivity index (χ2v) is 5.58. The minimum absolute atomic E-state index is 0.0247. The third-order valence-corrected chi connectivity index (χ3v) is 2.74. The van der Waals surface area contributed by atoms with Gasteiger partial charge in [-0.2, -0.15) is 0 Å². The molecule has 0 aromatic rings. The van der Waals surface area contributed by atoms with Crippen LogP contribution in [0.5, 0.6) is 0 Å². The highest BCUT2D eigenvalue weighted by molar-refractivity contribution is 5.68. The molecule has 0 aliphatic carbocycles. The number of likely N-dealkylation sites (tertiary alicyclic amines) is 1. The molecule has 0 aromatic heterocycles. The number of nitrogens with one attached hydrogen (secondary N) is 1. The fourth-order valence-electron chi connectivity index (χ4n) is 1.93. The highest BCUT2D eigenvalue weighted by atomic mass is 19.1. The molecule has 1 rings (SSSR count). The molecule has 1 aliphatic heterocycles. The predicted molar refractivity (Wildman–Crippen MR) is 66.2 cm³/mol. The van der Waals surface area contributed by atoms with E-state index in [0.717, 1.165) is 0 Å². The largest absolute Gasteiger partial charge is 0.444 e. The van der Waals surface area contributed by atoms with Gasteiger partial charge in [0.25, 0.3) is 0 Å². The van der Waals surface area contributed by atoms with E-state index in [1.54, 1.807) is 20.8 Å². The molecule has 0 bridgehead atoms. The van der Waals surface area contributed by atoms with Crippen LogP contribution in [0, 0.1) is 0 Å². The Morgan fingerprint density at radius 2 is 2.22 bits per heavy atom. The number of aliphatic hydroxyl groups is 1. The second-order valence-electron chi connectivity index (χ2n) is 5.58. The first-order valence-electron chi connectivity index (χ1n) is 6.28. The van der Waals surface area contributed by atoms with Crippen molar-refractivity contribution in [3.63, 3.8) is 0 Å². The number of alkyl carbamates (subject to hydrolysis) is 1. The van der Waals surface area contributed by atoms with Gasteiger partial charge in [0, 0.05) is 19.6 Å². The number of hydrogen-bond acceptors (Lipinski definition) is 4. The molecule has 1 aliphatic rings. The van der Waals surface area contributed by atoms with E-state index in [1.165, 1.54) is 0 Å². The lowest BCUT2D eigenvalue weighted by Gasteiger charge is -2.34. The number of nitrogens with zero attached hydrogens (tertiary/aromatic N) is 1. The Balaban J connectivity index is 2.38. The molecule has 6 heteroatoms. The third kappa shape index (κ3) is 5.18. The Kier molecular flexibility index (Phi) is 5.34. The fraction of sp³-hybridized carbons (Fsp3) is 0.917. The van der Waals surface area contributed by atoms with Crippen LogP contribution in [0.2, 0.25) is 0 Å². The lowest BCUT2D eigenvalue weighted by molar-refractivity contribution is 0.0382. The molecule has 2 N–H and O–H groups in total. The van der Waals surface area contributed by atoms with Crippen LogP contribution in [-0.4, -0.2) is 60.2 Å². The zero-order chi connectivity index (χ0) is 13.8. The zero-order valence-corrected chi connectivity index (χ0v) is 11.3. The molecule has 1 fully saturated rings. The number of piperidine rings is 1. The number of rotatable bonds is 3. The van der Waals surface area contributed by atoms with Crippen molar-refractivity contribution in [3.8, 4) is 0 Å². The van der Waals surface area contributed by atoms with Crippen molar-refractivity contribution in [2.24, 2.45) is 0 Å².